The molecule has 0 bridgehead atoms. The summed E-state index contributed by atoms with van der Waals surface area (Å²) in [6, 6.07) is 5.56. The van der Waals surface area contributed by atoms with Crippen molar-refractivity contribution in [3.8, 4) is 5.82 Å². The van der Waals surface area contributed by atoms with Gasteiger partial charge in [0, 0.05) is 12.7 Å². The van der Waals surface area contributed by atoms with E-state index in [1.807, 2.05) is 25.1 Å². The molecule has 112 valence electrons. The number of rotatable bonds is 6. The molecule has 0 saturated carbocycles. The molecule has 2 heterocycles. The molecule has 0 aliphatic rings. The molecule has 2 N–H and O–H groups in total. The average molecular weight is 288 g/mol. The molecule has 0 aromatic carbocycles. The lowest BCUT2D eigenvalue weighted by atomic mass is 10.2. The SMILES string of the molecule is CCc1c(C(=O)NCCC(C)O)cnn1-c1ccccn1. The van der Waals surface area contributed by atoms with Gasteiger partial charge in [-0.2, -0.15) is 5.10 Å². The smallest absolute Gasteiger partial charge is 0.254 e. The monoisotopic (exact) mass is 288 g/mol. The Kier molecular flexibility index (Phi) is 5.05. The maximum atomic E-state index is 12.2. The van der Waals surface area contributed by atoms with Gasteiger partial charge >= 0.3 is 0 Å². The van der Waals surface area contributed by atoms with Crippen LogP contribution in [0.4, 0.5) is 0 Å². The predicted octanol–water partition coefficient (Wildman–Crippen LogP) is 1.33. The van der Waals surface area contributed by atoms with Crippen molar-refractivity contribution in [2.75, 3.05) is 6.54 Å². The molecule has 2 aromatic heterocycles. The number of aliphatic hydroxyl groups is 1. The zero-order valence-corrected chi connectivity index (χ0v) is 12.3. The number of nitrogens with zero attached hydrogens (tertiary/aromatic N) is 3. The van der Waals surface area contributed by atoms with Crippen LogP contribution in [0.2, 0.25) is 0 Å². The molecule has 2 aromatic rings. The minimum atomic E-state index is -0.424. The standard InChI is InChI=1S/C15H20N4O2/c1-3-13-12(15(21)17-9-7-11(2)20)10-18-19(13)14-6-4-5-8-16-14/h4-6,8,10-11,20H,3,7,9H2,1-2H3,(H,17,21). The topological polar surface area (TPSA) is 80.0 Å². The summed E-state index contributed by atoms with van der Waals surface area (Å²) in [5.41, 5.74) is 1.37. The first-order valence-electron chi connectivity index (χ1n) is 7.08. The molecular weight excluding hydrogens is 268 g/mol. The maximum absolute atomic E-state index is 12.2. The third-order valence-corrected chi connectivity index (χ3v) is 3.16. The summed E-state index contributed by atoms with van der Waals surface area (Å²) in [4.78, 5) is 16.4. The lowest BCUT2D eigenvalue weighted by Gasteiger charge is -2.08. The van der Waals surface area contributed by atoms with Gasteiger partial charge in [-0.3, -0.25) is 4.79 Å². The van der Waals surface area contributed by atoms with Gasteiger partial charge in [0.2, 0.25) is 0 Å². The second-order valence-electron chi connectivity index (χ2n) is 4.85. The van der Waals surface area contributed by atoms with Crippen LogP contribution in [0.25, 0.3) is 5.82 Å². The first kappa shape index (κ1) is 15.2. The van der Waals surface area contributed by atoms with Crippen molar-refractivity contribution in [3.05, 3.63) is 41.9 Å². The van der Waals surface area contributed by atoms with E-state index in [4.69, 9.17) is 0 Å². The van der Waals surface area contributed by atoms with Crippen molar-refractivity contribution >= 4 is 5.91 Å². The zero-order chi connectivity index (χ0) is 15.2. The van der Waals surface area contributed by atoms with Crippen molar-refractivity contribution < 1.29 is 9.90 Å². The van der Waals surface area contributed by atoms with Crippen molar-refractivity contribution in [3.63, 3.8) is 0 Å². The second kappa shape index (κ2) is 6.99. The summed E-state index contributed by atoms with van der Waals surface area (Å²) in [6.07, 6.45) is 4.04. The Balaban J connectivity index is 2.18. The first-order chi connectivity index (χ1) is 10.1. The lowest BCUT2D eigenvalue weighted by molar-refractivity contribution is 0.0944. The molecule has 0 fully saturated rings. The average Bonchev–Trinajstić information content (AvgIpc) is 2.91. The quantitative estimate of drug-likeness (QED) is 0.840. The number of amides is 1. The summed E-state index contributed by atoms with van der Waals surface area (Å²) >= 11 is 0. The number of aromatic nitrogens is 3. The number of nitrogens with one attached hydrogen (secondary N) is 1. The second-order valence-corrected chi connectivity index (χ2v) is 4.85. The zero-order valence-electron chi connectivity index (χ0n) is 12.3. The molecule has 21 heavy (non-hydrogen) atoms. The summed E-state index contributed by atoms with van der Waals surface area (Å²) in [5, 5.41) is 16.3. The number of aliphatic hydroxyl groups excluding tert-OH is 1. The minimum absolute atomic E-state index is 0.172. The van der Waals surface area contributed by atoms with Gasteiger partial charge in [0.1, 0.15) is 0 Å². The highest BCUT2D eigenvalue weighted by Gasteiger charge is 2.17. The summed E-state index contributed by atoms with van der Waals surface area (Å²) < 4.78 is 1.68. The Morgan fingerprint density at radius 3 is 2.90 bits per heavy atom. The van der Waals surface area contributed by atoms with Gasteiger partial charge in [0.05, 0.1) is 23.6 Å². The Labute approximate surface area is 123 Å². The third-order valence-electron chi connectivity index (χ3n) is 3.16. The van der Waals surface area contributed by atoms with Gasteiger partial charge < -0.3 is 10.4 Å². The van der Waals surface area contributed by atoms with Crippen molar-refractivity contribution in [2.24, 2.45) is 0 Å². The fourth-order valence-electron chi connectivity index (χ4n) is 2.07. The van der Waals surface area contributed by atoms with Crippen molar-refractivity contribution in [2.45, 2.75) is 32.8 Å². The summed E-state index contributed by atoms with van der Waals surface area (Å²) in [6.45, 7) is 4.11. The van der Waals surface area contributed by atoms with Crippen LogP contribution in [0.1, 0.15) is 36.3 Å². The Morgan fingerprint density at radius 1 is 1.48 bits per heavy atom. The van der Waals surface area contributed by atoms with Crippen molar-refractivity contribution in [1.29, 1.82) is 0 Å². The molecule has 1 unspecified atom stereocenters. The lowest BCUT2D eigenvalue weighted by Crippen LogP contribution is -2.27. The normalized spacial score (nSPS) is 12.1. The van der Waals surface area contributed by atoms with Gasteiger partial charge in [-0.25, -0.2) is 9.67 Å². The van der Waals surface area contributed by atoms with Gasteiger partial charge in [0.25, 0.3) is 5.91 Å². The van der Waals surface area contributed by atoms with Crippen molar-refractivity contribution in [1.82, 2.24) is 20.1 Å². The fourth-order valence-corrected chi connectivity index (χ4v) is 2.07. The van der Waals surface area contributed by atoms with Gasteiger partial charge in [0.15, 0.2) is 5.82 Å². The van der Waals surface area contributed by atoms with Crippen LogP contribution in [0.15, 0.2) is 30.6 Å². The third kappa shape index (κ3) is 3.66. The highest BCUT2D eigenvalue weighted by atomic mass is 16.3. The molecule has 0 saturated heterocycles. The molecule has 6 nitrogen and oxygen atoms in total. The van der Waals surface area contributed by atoms with E-state index < -0.39 is 6.10 Å². The van der Waals surface area contributed by atoms with Crippen LogP contribution in [0.3, 0.4) is 0 Å². The highest BCUT2D eigenvalue weighted by Crippen LogP contribution is 2.14. The molecule has 0 aliphatic heterocycles. The molecule has 2 rings (SSSR count). The van der Waals surface area contributed by atoms with Crippen LogP contribution < -0.4 is 5.32 Å². The van der Waals surface area contributed by atoms with Gasteiger partial charge in [-0.15, -0.1) is 0 Å². The van der Waals surface area contributed by atoms with E-state index in [1.54, 1.807) is 24.0 Å². The fraction of sp³-hybridized carbons (Fsp3) is 0.400. The van der Waals surface area contributed by atoms with Gasteiger partial charge in [-0.1, -0.05) is 13.0 Å². The first-order valence-corrected chi connectivity index (χ1v) is 7.08. The molecule has 0 aliphatic carbocycles. The van der Waals surface area contributed by atoms with Crippen LogP contribution >= 0.6 is 0 Å². The van der Waals surface area contributed by atoms with Crippen LogP contribution in [-0.2, 0) is 6.42 Å². The van der Waals surface area contributed by atoms with Crippen LogP contribution in [0.5, 0.6) is 0 Å². The van der Waals surface area contributed by atoms with E-state index in [-0.39, 0.29) is 5.91 Å². The largest absolute Gasteiger partial charge is 0.393 e. The Morgan fingerprint density at radius 2 is 2.29 bits per heavy atom. The number of carbonyl (C=O) groups is 1. The van der Waals surface area contributed by atoms with Crippen LogP contribution in [-0.4, -0.2) is 38.4 Å². The molecule has 6 heteroatoms. The number of pyridine rings is 1. The van der Waals surface area contributed by atoms with E-state index in [2.05, 4.69) is 15.4 Å². The molecular formula is C15H20N4O2. The molecule has 1 amide bonds. The highest BCUT2D eigenvalue weighted by molar-refractivity contribution is 5.95. The molecule has 0 spiro atoms. The van der Waals surface area contributed by atoms with E-state index in [1.165, 1.54) is 0 Å². The van der Waals surface area contributed by atoms with Crippen LogP contribution in [0, 0.1) is 0 Å². The van der Waals surface area contributed by atoms with E-state index >= 15 is 0 Å². The molecule has 0 radical (unpaired) electrons. The van der Waals surface area contributed by atoms with E-state index in [0.29, 0.717) is 30.8 Å². The maximum Gasteiger partial charge on any atom is 0.254 e. The number of hydrogen-bond acceptors (Lipinski definition) is 4. The van der Waals surface area contributed by atoms with Gasteiger partial charge in [-0.05, 0) is 31.9 Å². The Hall–Kier alpha value is -2.21. The van der Waals surface area contributed by atoms with E-state index in [9.17, 15) is 9.90 Å². The number of carbonyl (C=O) groups excluding carboxylic acids is 1. The minimum Gasteiger partial charge on any atom is -0.393 e. The number of hydrogen-bond donors (Lipinski definition) is 2. The molecule has 1 atom stereocenters. The summed E-state index contributed by atoms with van der Waals surface area (Å²) in [5.74, 6) is 0.520. The Bertz CT molecular complexity index is 593. The van der Waals surface area contributed by atoms with E-state index in [0.717, 1.165) is 5.69 Å². The predicted molar refractivity (Wildman–Crippen MR) is 79.4 cm³/mol. The summed E-state index contributed by atoms with van der Waals surface area (Å²) in [7, 11) is 0.